The van der Waals surface area contributed by atoms with E-state index in [0.29, 0.717) is 11.4 Å². The highest BCUT2D eigenvalue weighted by molar-refractivity contribution is 7.89. The first-order valence-electron chi connectivity index (χ1n) is 9.54. The second-order valence-electron chi connectivity index (χ2n) is 6.96. The van der Waals surface area contributed by atoms with E-state index in [1.165, 1.54) is 37.4 Å². The van der Waals surface area contributed by atoms with Crippen molar-refractivity contribution in [2.24, 2.45) is 0 Å². The van der Waals surface area contributed by atoms with Gasteiger partial charge in [-0.25, -0.2) is 12.8 Å². The Kier molecular flexibility index (Phi) is 7.04. The maximum absolute atomic E-state index is 14.2. The van der Waals surface area contributed by atoms with E-state index in [1.54, 1.807) is 42.5 Å². The van der Waals surface area contributed by atoms with Crippen molar-refractivity contribution in [1.29, 1.82) is 0 Å². The van der Waals surface area contributed by atoms with Crippen LogP contribution < -0.4 is 10.1 Å². The molecule has 0 atom stereocenters. The molecule has 1 amide bonds. The first-order valence-corrected chi connectivity index (χ1v) is 11.0. The highest BCUT2D eigenvalue weighted by Crippen LogP contribution is 2.21. The predicted octanol–water partition coefficient (Wildman–Crippen LogP) is 3.97. The van der Waals surface area contributed by atoms with Crippen molar-refractivity contribution >= 4 is 21.6 Å². The Morgan fingerprint density at radius 3 is 2.42 bits per heavy atom. The summed E-state index contributed by atoms with van der Waals surface area (Å²) in [4.78, 5) is 12.7. The third kappa shape index (κ3) is 5.68. The van der Waals surface area contributed by atoms with Gasteiger partial charge in [0.2, 0.25) is 15.9 Å². The minimum atomic E-state index is -4.05. The summed E-state index contributed by atoms with van der Waals surface area (Å²) in [6, 6.07) is 18.9. The molecule has 3 aromatic rings. The molecule has 0 fully saturated rings. The number of aryl methyl sites for hydroxylation is 1. The van der Waals surface area contributed by atoms with Crippen molar-refractivity contribution in [3.8, 4) is 5.75 Å². The van der Waals surface area contributed by atoms with Gasteiger partial charge in [-0.15, -0.1) is 0 Å². The summed E-state index contributed by atoms with van der Waals surface area (Å²) in [7, 11) is -2.55. The number of amides is 1. The number of nitrogens with zero attached hydrogens (tertiary/aromatic N) is 1. The van der Waals surface area contributed by atoms with Gasteiger partial charge < -0.3 is 10.1 Å². The van der Waals surface area contributed by atoms with Gasteiger partial charge in [-0.2, -0.15) is 4.31 Å². The van der Waals surface area contributed by atoms with Crippen LogP contribution >= 0.6 is 0 Å². The van der Waals surface area contributed by atoms with Gasteiger partial charge >= 0.3 is 0 Å². The summed E-state index contributed by atoms with van der Waals surface area (Å²) < 4.78 is 46.8. The fourth-order valence-corrected chi connectivity index (χ4v) is 4.34. The lowest BCUT2D eigenvalue weighted by Gasteiger charge is -2.22. The van der Waals surface area contributed by atoms with Gasteiger partial charge in [-0.05, 0) is 37.3 Å². The Hall–Kier alpha value is -3.23. The summed E-state index contributed by atoms with van der Waals surface area (Å²) >= 11 is 0. The largest absolute Gasteiger partial charge is 0.497 e. The maximum Gasteiger partial charge on any atom is 0.243 e. The van der Waals surface area contributed by atoms with Gasteiger partial charge in [0, 0.05) is 23.9 Å². The first-order chi connectivity index (χ1) is 14.8. The lowest BCUT2D eigenvalue weighted by Crippen LogP contribution is -2.37. The van der Waals surface area contributed by atoms with Crippen LogP contribution in [0.5, 0.6) is 5.75 Å². The Morgan fingerprint density at radius 2 is 1.74 bits per heavy atom. The monoisotopic (exact) mass is 442 g/mol. The molecule has 0 heterocycles. The fraction of sp³-hybridized carbons (Fsp3) is 0.174. The van der Waals surface area contributed by atoms with Crippen LogP contribution in [0.4, 0.5) is 10.1 Å². The second kappa shape index (κ2) is 9.72. The van der Waals surface area contributed by atoms with E-state index >= 15 is 0 Å². The number of ether oxygens (including phenoxy) is 1. The lowest BCUT2D eigenvalue weighted by molar-refractivity contribution is -0.116. The third-order valence-corrected chi connectivity index (χ3v) is 6.44. The van der Waals surface area contributed by atoms with E-state index in [2.05, 4.69) is 5.32 Å². The van der Waals surface area contributed by atoms with Gasteiger partial charge in [0.1, 0.15) is 11.6 Å². The first kappa shape index (κ1) is 22.5. The number of halogens is 1. The summed E-state index contributed by atoms with van der Waals surface area (Å²) in [6.07, 6.45) is 0. The minimum Gasteiger partial charge on any atom is -0.497 e. The van der Waals surface area contributed by atoms with Crippen molar-refractivity contribution in [2.75, 3.05) is 19.0 Å². The Balaban J connectivity index is 1.88. The van der Waals surface area contributed by atoms with Crippen LogP contribution in [0.1, 0.15) is 11.1 Å². The predicted molar refractivity (Wildman–Crippen MR) is 117 cm³/mol. The van der Waals surface area contributed by atoms with Crippen LogP contribution in [0.25, 0.3) is 0 Å². The van der Waals surface area contributed by atoms with Crippen LogP contribution in [0, 0.1) is 12.7 Å². The number of benzene rings is 3. The number of carbonyl (C=O) groups excluding carboxylic acids is 1. The smallest absolute Gasteiger partial charge is 0.243 e. The quantitative estimate of drug-likeness (QED) is 0.573. The average Bonchev–Trinajstić information content (AvgIpc) is 2.75. The number of anilines is 1. The molecule has 0 unspecified atom stereocenters. The summed E-state index contributed by atoms with van der Waals surface area (Å²) in [5.74, 6) is -0.548. The molecule has 0 saturated carbocycles. The van der Waals surface area contributed by atoms with Crippen molar-refractivity contribution in [2.45, 2.75) is 18.4 Å². The molecule has 0 spiro atoms. The number of hydrogen-bond donors (Lipinski definition) is 1. The molecule has 0 aliphatic rings. The van der Waals surface area contributed by atoms with E-state index in [1.807, 2.05) is 6.92 Å². The van der Waals surface area contributed by atoms with E-state index in [9.17, 15) is 17.6 Å². The molecule has 0 bridgehead atoms. The standard InChI is InChI=1S/C23H23FN2O4S/c1-17-10-12-21(13-11-17)31(28,29)26(15-18-6-3-4-9-22(18)24)16-23(27)25-19-7-5-8-20(14-19)30-2/h3-14H,15-16H2,1-2H3,(H,25,27). The van der Waals surface area contributed by atoms with Crippen molar-refractivity contribution < 1.29 is 22.3 Å². The summed E-state index contributed by atoms with van der Waals surface area (Å²) in [5.41, 5.74) is 1.53. The number of carbonyl (C=O) groups is 1. The zero-order chi connectivity index (χ0) is 22.4. The molecule has 0 aromatic heterocycles. The Labute approximate surface area is 181 Å². The number of methoxy groups -OCH3 is 1. The lowest BCUT2D eigenvalue weighted by atomic mass is 10.2. The van der Waals surface area contributed by atoms with E-state index in [-0.39, 0.29) is 17.0 Å². The molecule has 31 heavy (non-hydrogen) atoms. The second-order valence-corrected chi connectivity index (χ2v) is 8.90. The molecule has 3 rings (SSSR count). The average molecular weight is 443 g/mol. The van der Waals surface area contributed by atoms with E-state index in [4.69, 9.17) is 4.74 Å². The molecule has 0 saturated heterocycles. The van der Waals surface area contributed by atoms with Crippen molar-refractivity contribution in [3.63, 3.8) is 0 Å². The van der Waals surface area contributed by atoms with Crippen LogP contribution in [0.3, 0.4) is 0 Å². The third-order valence-electron chi connectivity index (χ3n) is 4.64. The van der Waals surface area contributed by atoms with Gasteiger partial charge in [0.15, 0.2) is 0 Å². The van der Waals surface area contributed by atoms with Gasteiger partial charge in [-0.3, -0.25) is 4.79 Å². The molecule has 6 nitrogen and oxygen atoms in total. The van der Waals surface area contributed by atoms with Crippen molar-refractivity contribution in [3.05, 3.63) is 89.7 Å². The highest BCUT2D eigenvalue weighted by Gasteiger charge is 2.27. The molecule has 8 heteroatoms. The fourth-order valence-electron chi connectivity index (χ4n) is 2.96. The number of hydrogen-bond acceptors (Lipinski definition) is 4. The molecular formula is C23H23FN2O4S. The summed E-state index contributed by atoms with van der Waals surface area (Å²) in [6.45, 7) is 1.07. The summed E-state index contributed by atoms with van der Waals surface area (Å²) in [5, 5.41) is 2.66. The molecule has 0 aliphatic heterocycles. The SMILES string of the molecule is COc1cccc(NC(=O)CN(Cc2ccccc2F)S(=O)(=O)c2ccc(C)cc2)c1. The van der Waals surface area contributed by atoms with Crippen LogP contribution in [0.15, 0.2) is 77.7 Å². The zero-order valence-corrected chi connectivity index (χ0v) is 18.0. The van der Waals surface area contributed by atoms with E-state index < -0.39 is 28.3 Å². The highest BCUT2D eigenvalue weighted by atomic mass is 32.2. The molecule has 1 N–H and O–H groups in total. The van der Waals surface area contributed by atoms with Gasteiger partial charge in [0.25, 0.3) is 0 Å². The molecule has 3 aromatic carbocycles. The van der Waals surface area contributed by atoms with E-state index in [0.717, 1.165) is 9.87 Å². The Morgan fingerprint density at radius 1 is 1.03 bits per heavy atom. The number of nitrogens with one attached hydrogen (secondary N) is 1. The number of rotatable bonds is 8. The molecule has 0 radical (unpaired) electrons. The Bertz CT molecular complexity index is 1160. The van der Waals surface area contributed by atoms with Crippen LogP contribution in [0.2, 0.25) is 0 Å². The minimum absolute atomic E-state index is 0.0311. The zero-order valence-electron chi connectivity index (χ0n) is 17.2. The molecular weight excluding hydrogens is 419 g/mol. The molecule has 162 valence electrons. The maximum atomic E-state index is 14.2. The number of sulfonamides is 1. The normalized spacial score (nSPS) is 11.4. The topological polar surface area (TPSA) is 75.7 Å². The van der Waals surface area contributed by atoms with Gasteiger partial charge in [0.05, 0.1) is 18.6 Å². The molecule has 0 aliphatic carbocycles. The van der Waals surface area contributed by atoms with Crippen molar-refractivity contribution in [1.82, 2.24) is 4.31 Å². The van der Waals surface area contributed by atoms with Crippen LogP contribution in [-0.2, 0) is 21.4 Å². The van der Waals surface area contributed by atoms with Crippen LogP contribution in [-0.4, -0.2) is 32.3 Å². The van der Waals surface area contributed by atoms with Gasteiger partial charge in [-0.1, -0.05) is 42.0 Å².